The van der Waals surface area contributed by atoms with Gasteiger partial charge in [0.25, 0.3) is 0 Å². The van der Waals surface area contributed by atoms with Crippen LogP contribution in [0.3, 0.4) is 0 Å². The molecule has 0 amide bonds. The number of hydrogen-bond acceptors (Lipinski definition) is 6. The van der Waals surface area contributed by atoms with Crippen LogP contribution in [0.2, 0.25) is 0 Å². The number of fused-ring (bicyclic) bond motifs is 4. The summed E-state index contributed by atoms with van der Waals surface area (Å²) < 4.78 is 11.3. The van der Waals surface area contributed by atoms with Gasteiger partial charge in [0.05, 0.1) is 25.2 Å². The summed E-state index contributed by atoms with van der Waals surface area (Å²) in [6.07, 6.45) is 5.60. The van der Waals surface area contributed by atoms with E-state index in [-0.39, 0.29) is 24.7 Å². The maximum absolute atomic E-state index is 12.2. The molecule has 0 saturated carbocycles. The zero-order valence-electron chi connectivity index (χ0n) is 16.2. The van der Waals surface area contributed by atoms with Crippen LogP contribution in [0.5, 0.6) is 5.75 Å². The predicted octanol–water partition coefficient (Wildman–Crippen LogP) is 2.68. The van der Waals surface area contributed by atoms with Gasteiger partial charge in [-0.25, -0.2) is 0 Å². The van der Waals surface area contributed by atoms with Gasteiger partial charge in [0.2, 0.25) is 0 Å². The summed E-state index contributed by atoms with van der Waals surface area (Å²) in [5.74, 6) is 1.45. The molecule has 2 aromatic rings. The van der Waals surface area contributed by atoms with E-state index in [1.54, 1.807) is 13.3 Å². The van der Waals surface area contributed by atoms with Crippen molar-refractivity contribution in [3.05, 3.63) is 48.7 Å². The summed E-state index contributed by atoms with van der Waals surface area (Å²) in [5.41, 5.74) is 7.38. The number of hydrogen-bond donors (Lipinski definition) is 1. The molecule has 2 N–H and O–H groups in total. The van der Waals surface area contributed by atoms with E-state index in [1.807, 2.05) is 24.3 Å². The van der Waals surface area contributed by atoms with E-state index < -0.39 is 0 Å². The van der Waals surface area contributed by atoms with Crippen LogP contribution in [0.25, 0.3) is 10.9 Å². The number of methoxy groups -OCH3 is 1. The number of esters is 1. The molecule has 2 bridgehead atoms. The molecule has 148 valence electrons. The van der Waals surface area contributed by atoms with Gasteiger partial charge >= 0.3 is 5.97 Å². The Balaban J connectivity index is 1.76. The highest BCUT2D eigenvalue weighted by Crippen LogP contribution is 2.43. The number of rotatable bonds is 6. The molecule has 3 fully saturated rings. The molecule has 5 rings (SSSR count). The zero-order valence-corrected chi connectivity index (χ0v) is 16.2. The summed E-state index contributed by atoms with van der Waals surface area (Å²) in [7, 11) is 1.64. The van der Waals surface area contributed by atoms with Gasteiger partial charge in [-0.3, -0.25) is 14.7 Å². The quantitative estimate of drug-likeness (QED) is 0.612. The normalized spacial score (nSPS) is 27.4. The highest BCUT2D eigenvalue weighted by atomic mass is 16.5. The summed E-state index contributed by atoms with van der Waals surface area (Å²) >= 11 is 0. The van der Waals surface area contributed by atoms with Crippen molar-refractivity contribution in [3.8, 4) is 5.75 Å². The lowest BCUT2D eigenvalue weighted by Crippen LogP contribution is -2.55. The van der Waals surface area contributed by atoms with Crippen LogP contribution in [0, 0.1) is 11.8 Å². The second-order valence-electron chi connectivity index (χ2n) is 7.64. The summed E-state index contributed by atoms with van der Waals surface area (Å²) in [6.45, 7) is 5.85. The molecule has 5 atom stereocenters. The van der Waals surface area contributed by atoms with Crippen LogP contribution in [0.1, 0.15) is 24.5 Å². The Hall–Kier alpha value is -2.44. The van der Waals surface area contributed by atoms with Crippen molar-refractivity contribution >= 4 is 16.9 Å². The maximum Gasteiger partial charge on any atom is 0.320 e. The number of aromatic nitrogens is 1. The highest BCUT2D eigenvalue weighted by molar-refractivity contribution is 5.84. The third-order valence-corrected chi connectivity index (χ3v) is 6.22. The second-order valence-corrected chi connectivity index (χ2v) is 7.64. The minimum Gasteiger partial charge on any atom is -0.497 e. The van der Waals surface area contributed by atoms with Crippen molar-refractivity contribution in [1.82, 2.24) is 9.88 Å². The van der Waals surface area contributed by atoms with Crippen molar-refractivity contribution in [1.29, 1.82) is 0 Å². The first-order valence-corrected chi connectivity index (χ1v) is 9.83. The molecule has 0 radical (unpaired) electrons. The van der Waals surface area contributed by atoms with Gasteiger partial charge in [-0.05, 0) is 55.5 Å². The molecule has 3 aliphatic heterocycles. The molecule has 3 aliphatic rings. The highest BCUT2D eigenvalue weighted by Gasteiger charge is 2.44. The first-order chi connectivity index (χ1) is 13.6. The van der Waals surface area contributed by atoms with Crippen molar-refractivity contribution < 1.29 is 14.3 Å². The van der Waals surface area contributed by atoms with Gasteiger partial charge in [0, 0.05) is 23.7 Å². The number of carbonyl (C=O) groups excluding carboxylic acids is 1. The van der Waals surface area contributed by atoms with Gasteiger partial charge in [-0.15, -0.1) is 6.58 Å². The Morgan fingerprint density at radius 3 is 3.00 bits per heavy atom. The average Bonchev–Trinajstić information content (AvgIpc) is 2.76. The number of piperidine rings is 3. The number of benzene rings is 1. The third-order valence-electron chi connectivity index (χ3n) is 6.22. The number of pyridine rings is 1. The van der Waals surface area contributed by atoms with Crippen molar-refractivity contribution in [2.75, 3.05) is 26.7 Å². The van der Waals surface area contributed by atoms with E-state index >= 15 is 0 Å². The van der Waals surface area contributed by atoms with Crippen LogP contribution in [-0.4, -0.2) is 48.6 Å². The maximum atomic E-state index is 12.2. The Labute approximate surface area is 165 Å². The molecule has 4 heterocycles. The summed E-state index contributed by atoms with van der Waals surface area (Å²) in [6, 6.07) is 7.86. The van der Waals surface area contributed by atoms with Crippen LogP contribution in [0.4, 0.5) is 0 Å². The van der Waals surface area contributed by atoms with Crippen LogP contribution >= 0.6 is 0 Å². The minimum atomic E-state index is -0.388. The Morgan fingerprint density at radius 1 is 1.46 bits per heavy atom. The fourth-order valence-corrected chi connectivity index (χ4v) is 4.75. The van der Waals surface area contributed by atoms with E-state index in [0.29, 0.717) is 11.8 Å². The molecule has 0 aliphatic carbocycles. The smallest absolute Gasteiger partial charge is 0.320 e. The van der Waals surface area contributed by atoms with Gasteiger partial charge in [-0.1, -0.05) is 6.08 Å². The van der Waals surface area contributed by atoms with Crippen molar-refractivity contribution in [2.24, 2.45) is 17.6 Å². The molecule has 6 heteroatoms. The Morgan fingerprint density at radius 2 is 2.32 bits per heavy atom. The molecule has 28 heavy (non-hydrogen) atoms. The molecule has 0 spiro atoms. The molecule has 1 aromatic heterocycles. The topological polar surface area (TPSA) is 77.7 Å². The lowest BCUT2D eigenvalue weighted by Gasteiger charge is -2.51. The van der Waals surface area contributed by atoms with Crippen molar-refractivity contribution in [3.63, 3.8) is 0 Å². The van der Waals surface area contributed by atoms with Crippen LogP contribution < -0.4 is 10.5 Å². The van der Waals surface area contributed by atoms with E-state index in [1.165, 1.54) is 0 Å². The van der Waals surface area contributed by atoms with E-state index in [4.69, 9.17) is 15.2 Å². The summed E-state index contributed by atoms with van der Waals surface area (Å²) in [5, 5.41) is 0.944. The average molecular weight is 381 g/mol. The number of nitrogens with two attached hydrogens (primary N) is 1. The van der Waals surface area contributed by atoms with Gasteiger partial charge < -0.3 is 15.2 Å². The first kappa shape index (κ1) is 18.9. The van der Waals surface area contributed by atoms with Gasteiger partial charge in [-0.2, -0.15) is 0 Å². The Kier molecular flexibility index (Phi) is 5.33. The van der Waals surface area contributed by atoms with E-state index in [9.17, 15) is 4.79 Å². The number of carbonyl (C=O) groups is 1. The summed E-state index contributed by atoms with van der Waals surface area (Å²) in [4.78, 5) is 19.1. The fourth-order valence-electron chi connectivity index (χ4n) is 4.75. The third kappa shape index (κ3) is 3.38. The molecule has 3 saturated heterocycles. The zero-order chi connectivity index (χ0) is 19.7. The first-order valence-electron chi connectivity index (χ1n) is 9.83. The standard InChI is InChI=1S/C22H27N3O3/c1-3-14-13-25-9-7-15(14)10-20(25)22(28-21(26)12-23)17-6-8-24-19-5-4-16(27-2)11-18(17)19/h3-6,8,11,14-15,20,22H,1,7,9-10,12-13,23H2,2H3/t14-,15-,20+,22+/m0/s1. The molecular weight excluding hydrogens is 354 g/mol. The lowest BCUT2D eigenvalue weighted by atomic mass is 9.73. The second kappa shape index (κ2) is 7.89. The number of ether oxygens (including phenoxy) is 2. The van der Waals surface area contributed by atoms with Crippen molar-refractivity contribution in [2.45, 2.75) is 25.0 Å². The van der Waals surface area contributed by atoms with Gasteiger partial charge in [0.1, 0.15) is 11.9 Å². The number of nitrogens with zero attached hydrogens (tertiary/aromatic N) is 2. The molecule has 6 nitrogen and oxygen atoms in total. The SMILES string of the molecule is C=C[C@H]1CN2CC[C@H]1C[C@@H]2[C@H](OC(=O)CN)c1ccnc2ccc(OC)cc12. The van der Waals surface area contributed by atoms with E-state index in [2.05, 4.69) is 22.5 Å². The predicted molar refractivity (Wildman–Crippen MR) is 108 cm³/mol. The Bertz CT molecular complexity index is 884. The van der Waals surface area contributed by atoms with Crippen LogP contribution in [0.15, 0.2) is 43.1 Å². The lowest BCUT2D eigenvalue weighted by molar-refractivity contribution is -0.155. The molecule has 1 aromatic carbocycles. The van der Waals surface area contributed by atoms with Crippen LogP contribution in [-0.2, 0) is 9.53 Å². The molecular formula is C22H27N3O3. The van der Waals surface area contributed by atoms with Gasteiger partial charge in [0.15, 0.2) is 0 Å². The largest absolute Gasteiger partial charge is 0.497 e. The van der Waals surface area contributed by atoms with E-state index in [0.717, 1.165) is 48.1 Å². The monoisotopic (exact) mass is 381 g/mol. The minimum absolute atomic E-state index is 0.127. The molecule has 1 unspecified atom stereocenters. The fraction of sp³-hybridized carbons (Fsp3) is 0.455.